The Hall–Kier alpha value is -2.93. The Bertz CT molecular complexity index is 640. The largest absolute Gasteiger partial charge is 0.319 e. The first-order valence-corrected chi connectivity index (χ1v) is 5.59. The fourth-order valence-corrected chi connectivity index (χ4v) is 1.53. The molecule has 0 aliphatic rings. The second-order valence-electron chi connectivity index (χ2n) is 3.81. The quantitative estimate of drug-likeness (QED) is 0.517. The van der Waals surface area contributed by atoms with Crippen molar-refractivity contribution < 1.29 is 9.59 Å². The first kappa shape index (κ1) is 12.5. The topological polar surface area (TPSA) is 50.5 Å². The SMILES string of the molecule is [C-]#[N+]c1ccc(NC(=O)C(=O)c2ccccc2)cc1. The van der Waals surface area contributed by atoms with E-state index in [1.807, 2.05) is 0 Å². The van der Waals surface area contributed by atoms with Gasteiger partial charge in [0.25, 0.3) is 11.7 Å². The zero-order valence-corrected chi connectivity index (χ0v) is 9.96. The van der Waals surface area contributed by atoms with Crippen molar-refractivity contribution in [2.75, 3.05) is 5.32 Å². The van der Waals surface area contributed by atoms with E-state index >= 15 is 0 Å². The van der Waals surface area contributed by atoms with Gasteiger partial charge >= 0.3 is 0 Å². The molecule has 4 heteroatoms. The van der Waals surface area contributed by atoms with Gasteiger partial charge in [-0.05, 0) is 12.1 Å². The molecule has 0 saturated carbocycles. The summed E-state index contributed by atoms with van der Waals surface area (Å²) in [5.74, 6) is -1.28. The maximum Gasteiger partial charge on any atom is 0.296 e. The zero-order valence-electron chi connectivity index (χ0n) is 9.96. The third-order valence-corrected chi connectivity index (χ3v) is 2.50. The van der Waals surface area contributed by atoms with Gasteiger partial charge in [-0.2, -0.15) is 0 Å². The number of Topliss-reactive ketones (excluding diaryl/α,β-unsaturated/α-hetero) is 1. The normalized spacial score (nSPS) is 9.42. The highest BCUT2D eigenvalue weighted by Crippen LogP contribution is 2.16. The summed E-state index contributed by atoms with van der Waals surface area (Å²) in [7, 11) is 0. The van der Waals surface area contributed by atoms with Crippen LogP contribution in [-0.2, 0) is 4.79 Å². The second-order valence-corrected chi connectivity index (χ2v) is 3.81. The summed E-state index contributed by atoms with van der Waals surface area (Å²) in [6.07, 6.45) is 0. The van der Waals surface area contributed by atoms with Crippen molar-refractivity contribution >= 4 is 23.1 Å². The maximum absolute atomic E-state index is 11.8. The summed E-state index contributed by atoms with van der Waals surface area (Å²) >= 11 is 0. The van der Waals surface area contributed by atoms with Crippen LogP contribution >= 0.6 is 0 Å². The van der Waals surface area contributed by atoms with Crippen LogP contribution in [0.5, 0.6) is 0 Å². The molecule has 92 valence electrons. The molecule has 2 aromatic carbocycles. The van der Waals surface area contributed by atoms with Crippen LogP contribution in [0.1, 0.15) is 10.4 Å². The van der Waals surface area contributed by atoms with Crippen molar-refractivity contribution in [2.24, 2.45) is 0 Å². The van der Waals surface area contributed by atoms with E-state index in [0.717, 1.165) is 0 Å². The Morgan fingerprint density at radius 1 is 0.947 bits per heavy atom. The number of rotatable bonds is 3. The maximum atomic E-state index is 11.8. The van der Waals surface area contributed by atoms with Crippen LogP contribution < -0.4 is 5.32 Å². The molecule has 0 unspecified atom stereocenters. The van der Waals surface area contributed by atoms with Gasteiger partial charge in [-0.25, -0.2) is 4.85 Å². The van der Waals surface area contributed by atoms with E-state index in [9.17, 15) is 9.59 Å². The molecule has 1 N–H and O–H groups in total. The van der Waals surface area contributed by atoms with Crippen LogP contribution in [0.15, 0.2) is 54.6 Å². The average molecular weight is 250 g/mol. The molecule has 0 saturated heterocycles. The molecule has 0 bridgehead atoms. The molecule has 19 heavy (non-hydrogen) atoms. The number of nitrogens with one attached hydrogen (secondary N) is 1. The standard InChI is InChI=1S/C15H10N2O2/c1-16-12-7-9-13(10-8-12)17-15(19)14(18)11-5-3-2-4-6-11/h2-10H,(H,17,19). The highest BCUT2D eigenvalue weighted by molar-refractivity contribution is 6.46. The minimum Gasteiger partial charge on any atom is -0.319 e. The van der Waals surface area contributed by atoms with E-state index in [2.05, 4.69) is 10.2 Å². The Kier molecular flexibility index (Phi) is 3.70. The average Bonchev–Trinajstić information content (AvgIpc) is 2.48. The van der Waals surface area contributed by atoms with Gasteiger partial charge in [0, 0.05) is 11.3 Å². The molecule has 0 atom stereocenters. The van der Waals surface area contributed by atoms with E-state index < -0.39 is 11.7 Å². The molecule has 4 nitrogen and oxygen atoms in total. The van der Waals surface area contributed by atoms with Gasteiger partial charge in [-0.15, -0.1) is 0 Å². The number of hydrogen-bond donors (Lipinski definition) is 1. The van der Waals surface area contributed by atoms with E-state index in [0.29, 0.717) is 16.9 Å². The van der Waals surface area contributed by atoms with E-state index in [4.69, 9.17) is 6.57 Å². The van der Waals surface area contributed by atoms with E-state index in [1.165, 1.54) is 0 Å². The fourth-order valence-electron chi connectivity index (χ4n) is 1.53. The van der Waals surface area contributed by atoms with Gasteiger partial charge in [-0.3, -0.25) is 9.59 Å². The highest BCUT2D eigenvalue weighted by Gasteiger charge is 2.15. The van der Waals surface area contributed by atoms with Crippen LogP contribution in [0, 0.1) is 6.57 Å². The number of nitrogens with zero attached hydrogens (tertiary/aromatic N) is 1. The van der Waals surface area contributed by atoms with Gasteiger partial charge in [0.15, 0.2) is 5.69 Å². The van der Waals surface area contributed by atoms with Crippen LogP contribution in [0.4, 0.5) is 11.4 Å². The lowest BCUT2D eigenvalue weighted by Gasteiger charge is -2.04. The van der Waals surface area contributed by atoms with Gasteiger partial charge in [0.05, 0.1) is 6.57 Å². The van der Waals surface area contributed by atoms with Crippen LogP contribution in [0.3, 0.4) is 0 Å². The lowest BCUT2D eigenvalue weighted by atomic mass is 10.1. The Morgan fingerprint density at radius 3 is 2.16 bits per heavy atom. The number of carbonyl (C=O) groups is 2. The molecule has 1 amide bonds. The number of anilines is 1. The number of hydrogen-bond acceptors (Lipinski definition) is 2. The third-order valence-electron chi connectivity index (χ3n) is 2.50. The molecule has 0 aromatic heterocycles. The summed E-state index contributed by atoms with van der Waals surface area (Å²) in [6.45, 7) is 6.82. The minimum atomic E-state index is -0.693. The fraction of sp³-hybridized carbons (Fsp3) is 0. The van der Waals surface area contributed by atoms with Crippen LogP contribution in [0.25, 0.3) is 4.85 Å². The third kappa shape index (κ3) is 3.05. The lowest BCUT2D eigenvalue weighted by molar-refractivity contribution is -0.112. The molecule has 0 spiro atoms. The Labute approximate surface area is 110 Å². The lowest BCUT2D eigenvalue weighted by Crippen LogP contribution is -2.22. The van der Waals surface area contributed by atoms with Gasteiger partial charge in [-0.1, -0.05) is 42.5 Å². The molecule has 0 aliphatic heterocycles. The Morgan fingerprint density at radius 2 is 1.58 bits per heavy atom. The summed E-state index contributed by atoms with van der Waals surface area (Å²) < 4.78 is 0. The molecule has 2 aromatic rings. The summed E-state index contributed by atoms with van der Waals surface area (Å²) in [5, 5.41) is 2.50. The van der Waals surface area contributed by atoms with Gasteiger partial charge in [0.2, 0.25) is 0 Å². The molecule has 0 aliphatic carbocycles. The smallest absolute Gasteiger partial charge is 0.296 e. The summed E-state index contributed by atoms with van der Waals surface area (Å²) in [5.41, 5.74) is 1.31. The number of ketones is 1. The molecule has 2 rings (SSSR count). The number of amides is 1. The van der Waals surface area contributed by atoms with Crippen molar-refractivity contribution in [3.05, 3.63) is 71.6 Å². The predicted molar refractivity (Wildman–Crippen MR) is 72.1 cm³/mol. The minimum absolute atomic E-state index is 0.345. The van der Waals surface area contributed by atoms with Crippen molar-refractivity contribution in [1.82, 2.24) is 0 Å². The van der Waals surface area contributed by atoms with Gasteiger partial charge in [0.1, 0.15) is 0 Å². The van der Waals surface area contributed by atoms with Crippen molar-refractivity contribution in [2.45, 2.75) is 0 Å². The molecular formula is C15H10N2O2. The first-order chi connectivity index (χ1) is 9.20. The summed E-state index contributed by atoms with van der Waals surface area (Å²) in [4.78, 5) is 26.8. The van der Waals surface area contributed by atoms with Crippen molar-refractivity contribution in [3.8, 4) is 0 Å². The van der Waals surface area contributed by atoms with E-state index in [1.54, 1.807) is 54.6 Å². The second kappa shape index (κ2) is 5.61. The molecule has 0 heterocycles. The highest BCUT2D eigenvalue weighted by atomic mass is 16.2. The zero-order chi connectivity index (χ0) is 13.7. The monoisotopic (exact) mass is 250 g/mol. The summed E-state index contributed by atoms with van der Waals surface area (Å²) in [6, 6.07) is 14.7. The number of benzene rings is 2. The first-order valence-electron chi connectivity index (χ1n) is 5.59. The molecule has 0 fully saturated rings. The predicted octanol–water partition coefficient (Wildman–Crippen LogP) is 3.06. The Balaban J connectivity index is 2.09. The van der Waals surface area contributed by atoms with Crippen LogP contribution in [0.2, 0.25) is 0 Å². The van der Waals surface area contributed by atoms with Crippen molar-refractivity contribution in [1.29, 1.82) is 0 Å². The van der Waals surface area contributed by atoms with E-state index in [-0.39, 0.29) is 0 Å². The molecule has 0 radical (unpaired) electrons. The van der Waals surface area contributed by atoms with Crippen LogP contribution in [-0.4, -0.2) is 11.7 Å². The van der Waals surface area contributed by atoms with Crippen molar-refractivity contribution in [3.63, 3.8) is 0 Å². The number of carbonyl (C=O) groups excluding carboxylic acids is 2. The van der Waals surface area contributed by atoms with Gasteiger partial charge < -0.3 is 5.32 Å². The molecular weight excluding hydrogens is 240 g/mol.